The number of rotatable bonds is 4. The van der Waals surface area contributed by atoms with Crippen molar-refractivity contribution < 1.29 is 0 Å². The number of nitrogens with one attached hydrogen (secondary N) is 1. The predicted molar refractivity (Wildman–Crippen MR) is 114 cm³/mol. The molecule has 4 aromatic rings. The second-order valence-corrected chi connectivity index (χ2v) is 7.51. The van der Waals surface area contributed by atoms with E-state index in [1.165, 1.54) is 0 Å². The number of fused-ring (bicyclic) bond motifs is 1. The smallest absolute Gasteiger partial charge is 0.316 e. The predicted octanol–water partition coefficient (Wildman–Crippen LogP) is 3.10. The summed E-state index contributed by atoms with van der Waals surface area (Å²) >= 11 is 0. The maximum absolute atomic E-state index is 13.3. The number of hydrogen-bond donors (Lipinski definition) is 1. The molecule has 0 spiro atoms. The Morgan fingerprint density at radius 1 is 1.00 bits per heavy atom. The van der Waals surface area contributed by atoms with Crippen LogP contribution in [0.5, 0.6) is 0 Å². The van der Waals surface area contributed by atoms with Crippen molar-refractivity contribution >= 4 is 10.9 Å². The van der Waals surface area contributed by atoms with E-state index in [2.05, 4.69) is 5.32 Å². The van der Waals surface area contributed by atoms with E-state index in [9.17, 15) is 4.79 Å². The molecule has 1 unspecified atom stereocenters. The zero-order valence-corrected chi connectivity index (χ0v) is 16.2. The van der Waals surface area contributed by atoms with E-state index in [1.807, 2.05) is 66.7 Å². The molecule has 0 bridgehead atoms. The van der Waals surface area contributed by atoms with Crippen molar-refractivity contribution in [3.05, 3.63) is 88.7 Å². The molecule has 1 aliphatic rings. The Morgan fingerprint density at radius 3 is 2.66 bits per heavy atom. The van der Waals surface area contributed by atoms with E-state index in [4.69, 9.17) is 10.1 Å². The van der Waals surface area contributed by atoms with Gasteiger partial charge >= 0.3 is 5.69 Å². The van der Waals surface area contributed by atoms with Gasteiger partial charge in [-0.15, -0.1) is 0 Å². The minimum Gasteiger partial charge on any atom is -0.316 e. The van der Waals surface area contributed by atoms with Crippen LogP contribution < -0.4 is 11.0 Å². The van der Waals surface area contributed by atoms with Crippen LogP contribution in [-0.2, 0) is 6.54 Å². The molecule has 2 aromatic carbocycles. The van der Waals surface area contributed by atoms with Crippen LogP contribution in [0.25, 0.3) is 16.6 Å². The average molecular weight is 385 g/mol. The molecule has 6 heteroatoms. The molecule has 1 atom stereocenters. The first-order valence-electron chi connectivity index (χ1n) is 10.1. The first-order chi connectivity index (χ1) is 14.3. The van der Waals surface area contributed by atoms with Crippen LogP contribution in [0.15, 0.2) is 71.5 Å². The first-order valence-corrected chi connectivity index (χ1v) is 10.1. The van der Waals surface area contributed by atoms with Crippen molar-refractivity contribution in [2.75, 3.05) is 13.1 Å². The zero-order chi connectivity index (χ0) is 19.6. The number of aromatic nitrogens is 4. The summed E-state index contributed by atoms with van der Waals surface area (Å²) in [5.41, 5.74) is 2.50. The van der Waals surface area contributed by atoms with Gasteiger partial charge in [-0.3, -0.25) is 4.98 Å². The molecule has 1 saturated heterocycles. The number of hydrogen-bond acceptors (Lipinski definition) is 4. The minimum atomic E-state index is -0.119. The molecule has 29 heavy (non-hydrogen) atoms. The summed E-state index contributed by atoms with van der Waals surface area (Å²) in [5.74, 6) is 1.05. The summed E-state index contributed by atoms with van der Waals surface area (Å²) in [7, 11) is 0. The van der Waals surface area contributed by atoms with Crippen molar-refractivity contribution in [2.24, 2.45) is 0 Å². The molecule has 0 aliphatic carbocycles. The van der Waals surface area contributed by atoms with Crippen LogP contribution in [-0.4, -0.2) is 32.4 Å². The lowest BCUT2D eigenvalue weighted by molar-refractivity contribution is 0.439. The lowest BCUT2D eigenvalue weighted by atomic mass is 9.99. The average Bonchev–Trinajstić information content (AvgIpc) is 3.11. The van der Waals surface area contributed by atoms with Crippen molar-refractivity contribution in [2.45, 2.75) is 25.3 Å². The highest BCUT2D eigenvalue weighted by Gasteiger charge is 2.25. The van der Waals surface area contributed by atoms with E-state index in [0.29, 0.717) is 6.54 Å². The van der Waals surface area contributed by atoms with Crippen molar-refractivity contribution in [3.63, 3.8) is 0 Å². The van der Waals surface area contributed by atoms with Gasteiger partial charge in [0.05, 0.1) is 23.4 Å². The summed E-state index contributed by atoms with van der Waals surface area (Å²) in [5, 5.41) is 9.30. The summed E-state index contributed by atoms with van der Waals surface area (Å²) in [6.45, 7) is 2.22. The second-order valence-electron chi connectivity index (χ2n) is 7.51. The molecule has 0 radical (unpaired) electrons. The molecule has 0 amide bonds. The third kappa shape index (κ3) is 3.47. The molecular formula is C23H23N5O. The Morgan fingerprint density at radius 2 is 1.83 bits per heavy atom. The van der Waals surface area contributed by atoms with Crippen LogP contribution in [0.1, 0.15) is 30.3 Å². The highest BCUT2D eigenvalue weighted by Crippen LogP contribution is 2.23. The highest BCUT2D eigenvalue weighted by molar-refractivity contribution is 5.78. The molecule has 1 aliphatic heterocycles. The summed E-state index contributed by atoms with van der Waals surface area (Å²) in [6, 6.07) is 21.8. The molecule has 2 aromatic heterocycles. The molecule has 1 N–H and O–H groups in total. The van der Waals surface area contributed by atoms with Gasteiger partial charge in [-0.1, -0.05) is 42.5 Å². The van der Waals surface area contributed by atoms with Gasteiger partial charge in [-0.2, -0.15) is 5.10 Å². The summed E-state index contributed by atoms with van der Waals surface area (Å²) in [4.78, 5) is 18.0. The van der Waals surface area contributed by atoms with E-state index >= 15 is 0 Å². The van der Waals surface area contributed by atoms with Gasteiger partial charge in [0.25, 0.3) is 0 Å². The van der Waals surface area contributed by atoms with Gasteiger partial charge in [0.1, 0.15) is 5.82 Å². The second kappa shape index (κ2) is 7.64. The zero-order valence-electron chi connectivity index (χ0n) is 16.2. The van der Waals surface area contributed by atoms with Crippen LogP contribution in [0.2, 0.25) is 0 Å². The Hall–Kier alpha value is -3.25. The van der Waals surface area contributed by atoms with Gasteiger partial charge < -0.3 is 5.32 Å². The molecule has 0 saturated carbocycles. The summed E-state index contributed by atoms with van der Waals surface area (Å²) in [6.07, 6.45) is 2.12. The standard InChI is InChI=1S/C23H23N5O/c29-23-27(16-19-13-12-17-7-4-5-11-21(17)25-19)26-22(18-8-6-14-24-15-18)28(23)20-9-2-1-3-10-20/h1-5,7,9-13,18,24H,6,8,14-16H2. The van der Waals surface area contributed by atoms with Crippen LogP contribution >= 0.6 is 0 Å². The topological polar surface area (TPSA) is 64.7 Å². The van der Waals surface area contributed by atoms with Gasteiger partial charge in [-0.05, 0) is 43.7 Å². The Labute approximate surface area is 168 Å². The Balaban J connectivity index is 1.57. The van der Waals surface area contributed by atoms with E-state index in [0.717, 1.165) is 54.0 Å². The number of para-hydroxylation sites is 2. The fourth-order valence-electron chi connectivity index (χ4n) is 4.03. The normalized spacial score (nSPS) is 16.9. The van der Waals surface area contributed by atoms with Crippen LogP contribution in [0.4, 0.5) is 0 Å². The van der Waals surface area contributed by atoms with Crippen LogP contribution in [0.3, 0.4) is 0 Å². The van der Waals surface area contributed by atoms with Crippen molar-refractivity contribution in [1.82, 2.24) is 24.6 Å². The monoisotopic (exact) mass is 385 g/mol. The number of benzene rings is 2. The third-order valence-corrected chi connectivity index (χ3v) is 5.51. The largest absolute Gasteiger partial charge is 0.350 e. The lowest BCUT2D eigenvalue weighted by Crippen LogP contribution is -2.31. The fourth-order valence-corrected chi connectivity index (χ4v) is 4.03. The fraction of sp³-hybridized carbons (Fsp3) is 0.261. The van der Waals surface area contributed by atoms with Gasteiger partial charge in [0.15, 0.2) is 0 Å². The van der Waals surface area contributed by atoms with Crippen molar-refractivity contribution in [1.29, 1.82) is 0 Å². The number of piperidine rings is 1. The van der Waals surface area contributed by atoms with Gasteiger partial charge in [0, 0.05) is 17.8 Å². The first kappa shape index (κ1) is 17.8. The third-order valence-electron chi connectivity index (χ3n) is 5.51. The maximum atomic E-state index is 13.3. The minimum absolute atomic E-state index is 0.119. The Bertz CT molecular complexity index is 1190. The molecular weight excluding hydrogens is 362 g/mol. The SMILES string of the molecule is O=c1n(Cc2ccc3ccccc3n2)nc(C2CCCNC2)n1-c1ccccc1. The summed E-state index contributed by atoms with van der Waals surface area (Å²) < 4.78 is 3.31. The molecule has 1 fully saturated rings. The van der Waals surface area contributed by atoms with Crippen LogP contribution in [0, 0.1) is 0 Å². The number of pyridine rings is 1. The van der Waals surface area contributed by atoms with Gasteiger partial charge in [0.2, 0.25) is 0 Å². The quantitative estimate of drug-likeness (QED) is 0.586. The number of nitrogens with zero attached hydrogens (tertiary/aromatic N) is 4. The molecule has 3 heterocycles. The Kier molecular flexibility index (Phi) is 4.69. The van der Waals surface area contributed by atoms with E-state index in [1.54, 1.807) is 9.25 Å². The van der Waals surface area contributed by atoms with E-state index < -0.39 is 0 Å². The maximum Gasteiger partial charge on any atom is 0.350 e. The highest BCUT2D eigenvalue weighted by atomic mass is 16.2. The van der Waals surface area contributed by atoms with Gasteiger partial charge in [-0.25, -0.2) is 14.0 Å². The molecule has 6 nitrogen and oxygen atoms in total. The molecule has 5 rings (SSSR count). The molecule has 146 valence electrons. The van der Waals surface area contributed by atoms with Crippen molar-refractivity contribution in [3.8, 4) is 5.69 Å². The van der Waals surface area contributed by atoms with E-state index in [-0.39, 0.29) is 11.6 Å². The lowest BCUT2D eigenvalue weighted by Gasteiger charge is -2.22.